The van der Waals surface area contributed by atoms with E-state index in [4.69, 9.17) is 11.5 Å². The molecule has 0 atom stereocenters. The molecule has 0 unspecified atom stereocenters. The second-order valence-corrected chi connectivity index (χ2v) is 3.73. The Hall–Kier alpha value is -2.16. The lowest BCUT2D eigenvalue weighted by molar-refractivity contribution is -0.385. The zero-order valence-corrected chi connectivity index (χ0v) is 9.97. The van der Waals surface area contributed by atoms with Gasteiger partial charge in [-0.15, -0.1) is 0 Å². The van der Waals surface area contributed by atoms with E-state index in [0.29, 0.717) is 5.69 Å². The van der Waals surface area contributed by atoms with E-state index in [1.54, 1.807) is 0 Å². The number of benzene rings is 1. The number of nitrogens with one attached hydrogen (secondary N) is 1. The van der Waals surface area contributed by atoms with Crippen LogP contribution in [0.15, 0.2) is 27.7 Å². The van der Waals surface area contributed by atoms with Crippen LogP contribution in [0.4, 0.5) is 16.2 Å². The summed E-state index contributed by atoms with van der Waals surface area (Å²) in [4.78, 5) is 24.3. The minimum absolute atomic E-state index is 0.0922. The first-order chi connectivity index (χ1) is 7.90. The van der Waals surface area contributed by atoms with Crippen LogP contribution in [0.25, 0.3) is 0 Å². The van der Waals surface area contributed by atoms with Crippen molar-refractivity contribution in [1.82, 2.24) is 5.32 Å². The van der Waals surface area contributed by atoms with Gasteiger partial charge in [-0.05, 0) is 28.1 Å². The first kappa shape index (κ1) is 12.9. The van der Waals surface area contributed by atoms with Crippen LogP contribution >= 0.6 is 15.9 Å². The lowest BCUT2D eigenvalue weighted by atomic mass is 10.3. The van der Waals surface area contributed by atoms with Crippen LogP contribution in [0.5, 0.6) is 0 Å². The van der Waals surface area contributed by atoms with E-state index < -0.39 is 11.0 Å². The van der Waals surface area contributed by atoms with Crippen LogP contribution < -0.4 is 16.8 Å². The monoisotopic (exact) mass is 301 g/mol. The SMILES string of the molecule is NC(=O)NC(N)=Nc1ccc([N+](=O)[O-])c(Br)c1. The molecule has 5 N–H and O–H groups in total. The van der Waals surface area contributed by atoms with Crippen LogP contribution in [0.1, 0.15) is 0 Å². The number of carbonyl (C=O) groups is 1. The van der Waals surface area contributed by atoms with Gasteiger partial charge in [0.05, 0.1) is 15.1 Å². The summed E-state index contributed by atoms with van der Waals surface area (Å²) < 4.78 is 0.260. The van der Waals surface area contributed by atoms with Gasteiger partial charge < -0.3 is 11.5 Å². The normalized spacial score (nSPS) is 11.0. The van der Waals surface area contributed by atoms with Gasteiger partial charge in [0.2, 0.25) is 5.96 Å². The van der Waals surface area contributed by atoms with Gasteiger partial charge in [0.15, 0.2) is 0 Å². The predicted octanol–water partition coefficient (Wildman–Crippen LogP) is 0.972. The maximum absolute atomic E-state index is 10.5. The number of nitro groups is 1. The highest BCUT2D eigenvalue weighted by Gasteiger charge is 2.11. The molecule has 0 aliphatic rings. The van der Waals surface area contributed by atoms with Gasteiger partial charge in [-0.25, -0.2) is 9.79 Å². The van der Waals surface area contributed by atoms with Crippen molar-refractivity contribution >= 4 is 39.3 Å². The number of primary amides is 1. The van der Waals surface area contributed by atoms with E-state index in [1.807, 2.05) is 0 Å². The van der Waals surface area contributed by atoms with Crippen LogP contribution in [0.2, 0.25) is 0 Å². The molecule has 2 amide bonds. The quantitative estimate of drug-likeness (QED) is 0.324. The molecule has 1 rings (SSSR count). The van der Waals surface area contributed by atoms with Crippen molar-refractivity contribution in [1.29, 1.82) is 0 Å². The minimum atomic E-state index is -0.841. The van der Waals surface area contributed by atoms with Gasteiger partial charge in [-0.2, -0.15) is 0 Å². The summed E-state index contributed by atoms with van der Waals surface area (Å²) in [6.45, 7) is 0. The average Bonchev–Trinajstić information content (AvgIpc) is 2.15. The van der Waals surface area contributed by atoms with E-state index in [1.165, 1.54) is 18.2 Å². The lowest BCUT2D eigenvalue weighted by Crippen LogP contribution is -2.39. The van der Waals surface area contributed by atoms with Crippen LogP contribution in [0.3, 0.4) is 0 Å². The largest absolute Gasteiger partial charge is 0.369 e. The summed E-state index contributed by atoms with van der Waals surface area (Å²) in [6.07, 6.45) is 0. The number of rotatable bonds is 2. The number of guanidine groups is 1. The smallest absolute Gasteiger partial charge is 0.318 e. The Morgan fingerprint density at radius 1 is 1.47 bits per heavy atom. The molecular weight excluding hydrogens is 294 g/mol. The summed E-state index contributed by atoms with van der Waals surface area (Å²) in [5.41, 5.74) is 10.4. The van der Waals surface area contributed by atoms with E-state index in [2.05, 4.69) is 26.2 Å². The standard InChI is InChI=1S/C8H8BrN5O3/c9-5-3-4(1-2-6(5)14(16)17)12-7(10)13-8(11)15/h1-3H,(H5,10,11,12,13,15). The molecule has 0 saturated heterocycles. The molecule has 1 aromatic rings. The van der Waals surface area contributed by atoms with Crippen LogP contribution in [-0.4, -0.2) is 16.9 Å². The fourth-order valence-corrected chi connectivity index (χ4v) is 1.52. The van der Waals surface area contributed by atoms with E-state index in [9.17, 15) is 14.9 Å². The van der Waals surface area contributed by atoms with Crippen molar-refractivity contribution < 1.29 is 9.72 Å². The Morgan fingerprint density at radius 3 is 2.59 bits per heavy atom. The number of urea groups is 1. The third kappa shape index (κ3) is 3.72. The van der Waals surface area contributed by atoms with Crippen molar-refractivity contribution in [2.24, 2.45) is 16.5 Å². The first-order valence-corrected chi connectivity index (χ1v) is 5.04. The Kier molecular flexibility index (Phi) is 3.99. The Labute approximate surface area is 104 Å². The van der Waals surface area contributed by atoms with Gasteiger partial charge in [-0.1, -0.05) is 0 Å². The number of halogens is 1. The van der Waals surface area contributed by atoms with Crippen molar-refractivity contribution in [2.45, 2.75) is 0 Å². The summed E-state index contributed by atoms with van der Waals surface area (Å²) in [5.74, 6) is -0.196. The molecule has 0 aliphatic heterocycles. The highest BCUT2D eigenvalue weighted by atomic mass is 79.9. The fourth-order valence-electron chi connectivity index (χ4n) is 1.01. The summed E-state index contributed by atoms with van der Waals surface area (Å²) in [5, 5.41) is 12.6. The number of nitrogens with zero attached hydrogens (tertiary/aromatic N) is 2. The Balaban J connectivity index is 2.98. The van der Waals surface area contributed by atoms with E-state index in [0.717, 1.165) is 0 Å². The molecule has 0 radical (unpaired) electrons. The molecule has 0 heterocycles. The zero-order chi connectivity index (χ0) is 13.0. The highest BCUT2D eigenvalue weighted by Crippen LogP contribution is 2.28. The molecule has 0 aliphatic carbocycles. The number of nitro benzene ring substituents is 1. The maximum Gasteiger partial charge on any atom is 0.318 e. The van der Waals surface area contributed by atoms with Crippen LogP contribution in [0, 0.1) is 10.1 Å². The van der Waals surface area contributed by atoms with Gasteiger partial charge in [0.1, 0.15) is 0 Å². The number of amides is 2. The summed E-state index contributed by atoms with van der Waals surface area (Å²) in [6, 6.07) is 3.21. The Bertz CT molecular complexity index is 502. The summed E-state index contributed by atoms with van der Waals surface area (Å²) >= 11 is 3.02. The topological polar surface area (TPSA) is 137 Å². The molecule has 90 valence electrons. The number of carbonyl (C=O) groups excluding carboxylic acids is 1. The number of nitrogens with two attached hydrogens (primary N) is 2. The van der Waals surface area contributed by atoms with Crippen molar-refractivity contribution in [3.63, 3.8) is 0 Å². The molecule has 0 fully saturated rings. The molecule has 0 spiro atoms. The minimum Gasteiger partial charge on any atom is -0.369 e. The van der Waals surface area contributed by atoms with Gasteiger partial charge in [-0.3, -0.25) is 15.4 Å². The van der Waals surface area contributed by atoms with Gasteiger partial charge >= 0.3 is 6.03 Å². The van der Waals surface area contributed by atoms with Crippen molar-refractivity contribution in [3.8, 4) is 0 Å². The van der Waals surface area contributed by atoms with Gasteiger partial charge in [0.25, 0.3) is 5.69 Å². The second-order valence-electron chi connectivity index (χ2n) is 2.88. The third-order valence-corrected chi connectivity index (χ3v) is 2.26. The molecule has 17 heavy (non-hydrogen) atoms. The van der Waals surface area contributed by atoms with Crippen LogP contribution in [-0.2, 0) is 0 Å². The fraction of sp³-hybridized carbons (Fsp3) is 0. The average molecular weight is 302 g/mol. The Morgan fingerprint density at radius 2 is 2.12 bits per heavy atom. The second kappa shape index (κ2) is 5.25. The highest BCUT2D eigenvalue weighted by molar-refractivity contribution is 9.10. The molecule has 0 aromatic heterocycles. The molecule has 0 bridgehead atoms. The zero-order valence-electron chi connectivity index (χ0n) is 8.38. The van der Waals surface area contributed by atoms with Crippen molar-refractivity contribution in [2.75, 3.05) is 0 Å². The summed E-state index contributed by atoms with van der Waals surface area (Å²) in [7, 11) is 0. The first-order valence-electron chi connectivity index (χ1n) is 4.24. The lowest BCUT2D eigenvalue weighted by Gasteiger charge is -2.01. The predicted molar refractivity (Wildman–Crippen MR) is 64.8 cm³/mol. The number of aliphatic imine (C=N–C) groups is 1. The third-order valence-electron chi connectivity index (χ3n) is 1.63. The number of hydrogen-bond donors (Lipinski definition) is 3. The van der Waals surface area contributed by atoms with E-state index in [-0.39, 0.29) is 16.1 Å². The molecule has 9 heteroatoms. The molecule has 1 aromatic carbocycles. The van der Waals surface area contributed by atoms with E-state index >= 15 is 0 Å². The molecule has 0 saturated carbocycles. The van der Waals surface area contributed by atoms with Crippen molar-refractivity contribution in [3.05, 3.63) is 32.8 Å². The maximum atomic E-state index is 10.5. The van der Waals surface area contributed by atoms with Gasteiger partial charge in [0, 0.05) is 6.07 Å². The number of hydrogen-bond acceptors (Lipinski definition) is 4. The molecule has 8 nitrogen and oxygen atoms in total. The molecular formula is C8H8BrN5O3.